The first-order valence-electron chi connectivity index (χ1n) is 31.7. The van der Waals surface area contributed by atoms with Gasteiger partial charge in [-0.25, -0.2) is 70.5 Å². The summed E-state index contributed by atoms with van der Waals surface area (Å²) >= 11 is 0. The maximum Gasteiger partial charge on any atom is 0.276 e. The number of pyridine rings is 2. The minimum Gasteiger partial charge on any atom is -0.359 e. The highest BCUT2D eigenvalue weighted by atomic mass is 32.2. The number of H-pyrrole nitrogens is 1. The molecule has 8 aromatic rings. The fourth-order valence-corrected chi connectivity index (χ4v) is 16.8. The second kappa shape index (κ2) is 28.9. The molecule has 0 unspecified atom stereocenters. The molecule has 2 saturated carbocycles. The lowest BCUT2D eigenvalue weighted by molar-refractivity contribution is -0.125. The number of nitrogens with one attached hydrogen (secondary N) is 1. The second-order valence-corrected chi connectivity index (χ2v) is 35.1. The first kappa shape index (κ1) is 71.0. The zero-order valence-electron chi connectivity index (χ0n) is 53.1. The number of halogens is 10. The summed E-state index contributed by atoms with van der Waals surface area (Å²) in [4.78, 5) is 61.3. The zero-order chi connectivity index (χ0) is 70.3. The van der Waals surface area contributed by atoms with Crippen LogP contribution >= 0.6 is 0 Å². The van der Waals surface area contributed by atoms with Crippen molar-refractivity contribution in [2.24, 2.45) is 0 Å². The second-order valence-electron chi connectivity index (χ2n) is 25.9. The highest BCUT2D eigenvalue weighted by molar-refractivity contribution is 7.89. The monoisotopic (exact) mass is 1420 g/mol. The predicted molar refractivity (Wildman–Crippen MR) is 342 cm³/mol. The van der Waals surface area contributed by atoms with Gasteiger partial charge in [0.05, 0.1) is 47.6 Å². The Labute approximate surface area is 556 Å². The van der Waals surface area contributed by atoms with Crippen molar-refractivity contribution in [3.8, 4) is 0 Å². The Bertz CT molecular complexity index is 4700. The Morgan fingerprint density at radius 3 is 1.36 bits per heavy atom. The van der Waals surface area contributed by atoms with E-state index in [0.717, 1.165) is 68.5 Å². The minimum absolute atomic E-state index is 0.0524. The van der Waals surface area contributed by atoms with Gasteiger partial charge in [-0.1, -0.05) is 70.3 Å². The van der Waals surface area contributed by atoms with Gasteiger partial charge in [0.1, 0.15) is 18.8 Å². The Balaban J connectivity index is 0.000000201. The van der Waals surface area contributed by atoms with Crippen molar-refractivity contribution in [3.63, 3.8) is 0 Å². The van der Waals surface area contributed by atoms with E-state index in [0.29, 0.717) is 49.2 Å². The number of carbonyl (C=O) groups is 2. The molecule has 2 aliphatic carbocycles. The molecule has 2 aliphatic heterocycles. The molecule has 2 amide bonds. The van der Waals surface area contributed by atoms with E-state index in [1.54, 1.807) is 24.5 Å². The summed E-state index contributed by atoms with van der Waals surface area (Å²) in [6, 6.07) is 14.1. The molecule has 19 nitrogen and oxygen atoms in total. The van der Waals surface area contributed by atoms with Crippen molar-refractivity contribution in [2.75, 3.05) is 29.5 Å². The number of hydrogen-bond donors (Lipinski definition) is 1. The highest BCUT2D eigenvalue weighted by Gasteiger charge is 2.50. The molecule has 0 radical (unpaired) electrons. The fraction of sp³-hybridized carbons (Fsp3) is 0.394. The summed E-state index contributed by atoms with van der Waals surface area (Å²) in [6.07, 6.45) is 17.1. The smallest absolute Gasteiger partial charge is 0.276 e. The van der Waals surface area contributed by atoms with Crippen LogP contribution in [-0.2, 0) is 54.2 Å². The lowest BCUT2D eigenvalue weighted by atomic mass is 9.85. The van der Waals surface area contributed by atoms with Crippen molar-refractivity contribution < 1.29 is 75.1 Å². The van der Waals surface area contributed by atoms with Crippen molar-refractivity contribution in [1.82, 2.24) is 38.6 Å². The molecule has 1 N–H and O–H groups in total. The number of anilines is 2. The van der Waals surface area contributed by atoms with Crippen molar-refractivity contribution >= 4 is 72.9 Å². The number of rotatable bonds is 19. The number of aromatic amines is 1. The van der Waals surface area contributed by atoms with Crippen LogP contribution in [0.1, 0.15) is 111 Å². The predicted octanol–water partition coefficient (Wildman–Crippen LogP) is 11.9. The van der Waals surface area contributed by atoms with Crippen LogP contribution in [0.4, 0.5) is 55.3 Å². The Morgan fingerprint density at radius 2 is 0.959 bits per heavy atom. The van der Waals surface area contributed by atoms with Crippen molar-refractivity contribution in [3.05, 3.63) is 187 Å². The highest BCUT2D eigenvalue weighted by Crippen LogP contribution is 2.39. The first-order chi connectivity index (χ1) is 46.6. The number of amides is 2. The van der Waals surface area contributed by atoms with E-state index in [1.165, 1.54) is 76.1 Å². The van der Waals surface area contributed by atoms with Gasteiger partial charge >= 0.3 is 0 Å². The number of carbonyl (C=O) groups excluding carboxylic acids is 2. The molecule has 4 fully saturated rings. The maximum atomic E-state index is 14.7. The van der Waals surface area contributed by atoms with Crippen LogP contribution in [0.2, 0.25) is 25.7 Å². The summed E-state index contributed by atoms with van der Waals surface area (Å²) < 4.78 is 203. The number of nitrogens with zero attached hydrogens (tertiary/aromatic N) is 9. The van der Waals surface area contributed by atoms with Gasteiger partial charge in [0.25, 0.3) is 11.1 Å². The molecule has 2 saturated heterocycles. The summed E-state index contributed by atoms with van der Waals surface area (Å²) in [5, 5.41) is 11.6. The minimum atomic E-state index is -5.38. The van der Waals surface area contributed by atoms with E-state index in [4.69, 9.17) is 4.74 Å². The average molecular weight is 1430 g/mol. The molecular formula is C66H66F10N10O9S2Si. The number of aromatic nitrogens is 6. The molecule has 4 aromatic heterocycles. The van der Waals surface area contributed by atoms with Crippen LogP contribution in [0, 0.1) is 58.2 Å². The quantitative estimate of drug-likeness (QED) is 0.0261. The standard InChI is InChI=1S/C36H40F5N5O5SSi.C30H26F5N5O4S/c1-53(2,3)16-15-51-21-45-35(47)27-12-11-26(17-24(27)19-43-45)44(20-25-10-9-23(18-42-25)22-7-5-4-6-8-22)36(48)28-13-14-46(28)52(49,50)34-32(40)30(38)29(37)31(39)33(34)41;31-23-24(32)26(34)28(27(35)25(23)33)45(43,44)40-11-10-22(40)30(42)39(20-8-9-21-18(12-20)14-37-38-29(21)41)15-19-7-6-17(13-36-19)16-4-2-1-3-5-16/h9-12,17-19,22,28H,4-8,13-16,20-21H2,1-3H3;6-9,12-14,16,22H,1-5,10-11,15H2,(H,38,41)/t28-;22-/m11/s1. The van der Waals surface area contributed by atoms with Crippen LogP contribution in [0.25, 0.3) is 21.5 Å². The lowest BCUT2D eigenvalue weighted by Crippen LogP contribution is -2.59. The zero-order valence-corrected chi connectivity index (χ0v) is 55.8. The third kappa shape index (κ3) is 14.3. The summed E-state index contributed by atoms with van der Waals surface area (Å²) in [6.45, 7) is 5.91. The van der Waals surface area contributed by atoms with E-state index >= 15 is 0 Å². The van der Waals surface area contributed by atoms with Gasteiger partial charge in [-0.15, -0.1) is 0 Å². The Kier molecular flexibility index (Phi) is 20.9. The molecule has 0 spiro atoms. The van der Waals surface area contributed by atoms with Gasteiger partial charge in [0.15, 0.2) is 56.3 Å². The number of sulfonamides is 2. The largest absolute Gasteiger partial charge is 0.359 e. The van der Waals surface area contributed by atoms with Crippen molar-refractivity contribution in [2.45, 2.75) is 156 Å². The van der Waals surface area contributed by atoms with E-state index in [2.05, 4.69) is 44.9 Å². The third-order valence-corrected chi connectivity index (χ3v) is 23.9. The first-order valence-corrected chi connectivity index (χ1v) is 38.3. The summed E-state index contributed by atoms with van der Waals surface area (Å²) in [5.41, 5.74) is 2.56. The van der Waals surface area contributed by atoms with Crippen LogP contribution < -0.4 is 20.9 Å². The lowest BCUT2D eigenvalue weighted by Gasteiger charge is -2.41. The van der Waals surface area contributed by atoms with Gasteiger partial charge in [-0.05, 0) is 116 Å². The van der Waals surface area contributed by atoms with Gasteiger partial charge < -0.3 is 14.5 Å². The molecular weight excluding hydrogens is 1360 g/mol. The third-order valence-electron chi connectivity index (χ3n) is 18.3. The topological polar surface area (TPSA) is 231 Å². The number of fused-ring (bicyclic) bond motifs is 2. The SMILES string of the molecule is C[Si](C)(C)CCOCn1ncc2cc(N(Cc3ccc(C4CCCCC4)cn3)C(=O)[C@H]3CCN3S(=O)(=O)c3c(F)c(F)c(F)c(F)c3F)ccc2c1=O.O=C([C@H]1CCN1S(=O)(=O)c1c(F)c(F)c(F)c(F)c1F)N(Cc1ccc(C2CCCCC2)cn1)c1ccc2c(=O)[nH]ncc2c1. The molecule has 0 bridgehead atoms. The number of ether oxygens (including phenoxy) is 1. The average Bonchev–Trinajstić information content (AvgIpc) is 0.741. The molecule has 4 aromatic carbocycles. The fourth-order valence-electron chi connectivity index (χ4n) is 12.6. The van der Waals surface area contributed by atoms with E-state index < -0.39 is 144 Å². The van der Waals surface area contributed by atoms with Gasteiger partial charge in [0.2, 0.25) is 43.5 Å². The van der Waals surface area contributed by atoms with Crippen LogP contribution in [0.15, 0.2) is 105 Å². The van der Waals surface area contributed by atoms with Crippen molar-refractivity contribution in [1.29, 1.82) is 0 Å². The molecule has 12 rings (SSSR count). The van der Waals surface area contributed by atoms with Crippen LogP contribution in [-0.4, -0.2) is 107 Å². The summed E-state index contributed by atoms with van der Waals surface area (Å²) in [5.74, 6) is -25.7. The van der Waals surface area contributed by atoms with Crippen LogP contribution in [0.3, 0.4) is 0 Å². The summed E-state index contributed by atoms with van der Waals surface area (Å²) in [7, 11) is -12.1. The van der Waals surface area contributed by atoms with Gasteiger partial charge in [-0.2, -0.15) is 18.8 Å². The molecule has 4 aliphatic rings. The van der Waals surface area contributed by atoms with Gasteiger partial charge in [-0.3, -0.25) is 29.1 Å². The van der Waals surface area contributed by atoms with E-state index in [-0.39, 0.29) is 54.8 Å². The molecule has 2 atom stereocenters. The number of hydrogen-bond acceptors (Lipinski definition) is 13. The Hall–Kier alpha value is -8.30. The molecule has 520 valence electrons. The normalized spacial score (nSPS) is 17.5. The molecule has 6 heterocycles. The van der Waals surface area contributed by atoms with E-state index in [9.17, 15) is 79.9 Å². The molecule has 98 heavy (non-hydrogen) atoms. The number of benzene rings is 4. The van der Waals surface area contributed by atoms with E-state index in [1.807, 2.05) is 12.1 Å². The Morgan fingerprint density at radius 1 is 0.541 bits per heavy atom. The maximum absolute atomic E-state index is 14.7. The molecule has 32 heteroatoms. The van der Waals surface area contributed by atoms with Gasteiger partial charge in [0, 0.05) is 62.3 Å². The van der Waals surface area contributed by atoms with Crippen LogP contribution in [0.5, 0.6) is 0 Å².